The summed E-state index contributed by atoms with van der Waals surface area (Å²) in [6.07, 6.45) is 4.57. The number of benzene rings is 2. The third-order valence-corrected chi connectivity index (χ3v) is 7.61. The zero-order valence-corrected chi connectivity index (χ0v) is 21.0. The number of halogens is 3. The van der Waals surface area contributed by atoms with Gasteiger partial charge in [-0.05, 0) is 61.7 Å². The van der Waals surface area contributed by atoms with E-state index in [1.807, 2.05) is 30.3 Å². The van der Waals surface area contributed by atoms with E-state index in [-0.39, 0.29) is 17.9 Å². The van der Waals surface area contributed by atoms with Gasteiger partial charge >= 0.3 is 0 Å². The predicted octanol–water partition coefficient (Wildman–Crippen LogP) is 6.61. The zero-order valence-electron chi connectivity index (χ0n) is 18.0. The highest BCUT2D eigenvalue weighted by molar-refractivity contribution is 7.99. The van der Waals surface area contributed by atoms with Crippen LogP contribution in [0.1, 0.15) is 44.6 Å². The van der Waals surface area contributed by atoms with E-state index in [0.717, 1.165) is 36.1 Å². The van der Waals surface area contributed by atoms with E-state index >= 15 is 0 Å². The van der Waals surface area contributed by atoms with Crippen molar-refractivity contribution in [1.29, 1.82) is 0 Å². The molecule has 0 heterocycles. The Morgan fingerprint density at radius 2 is 1.75 bits per heavy atom. The molecule has 0 radical (unpaired) electrons. The maximum absolute atomic E-state index is 13.2. The number of rotatable bonds is 9. The molecule has 1 N–H and O–H groups in total. The molecule has 1 atom stereocenters. The summed E-state index contributed by atoms with van der Waals surface area (Å²) in [5.41, 5.74) is 0.832. The van der Waals surface area contributed by atoms with Crippen LogP contribution in [-0.2, 0) is 16.1 Å². The van der Waals surface area contributed by atoms with Gasteiger partial charge in [-0.2, -0.15) is 0 Å². The largest absolute Gasteiger partial charge is 0.352 e. The van der Waals surface area contributed by atoms with Crippen molar-refractivity contribution in [1.82, 2.24) is 10.2 Å². The van der Waals surface area contributed by atoms with Gasteiger partial charge in [0.25, 0.3) is 0 Å². The van der Waals surface area contributed by atoms with E-state index < -0.39 is 6.04 Å². The maximum Gasteiger partial charge on any atom is 0.242 e. The van der Waals surface area contributed by atoms with Crippen LogP contribution in [0.5, 0.6) is 0 Å². The highest BCUT2D eigenvalue weighted by Crippen LogP contribution is 2.25. The average Bonchev–Trinajstić information content (AvgIpc) is 3.28. The third-order valence-electron chi connectivity index (χ3n) is 5.60. The van der Waals surface area contributed by atoms with E-state index in [0.29, 0.717) is 33.8 Å². The lowest BCUT2D eigenvalue weighted by molar-refractivity contribution is -0.140. The molecular weight excluding hydrogens is 487 g/mol. The van der Waals surface area contributed by atoms with Crippen LogP contribution in [0.2, 0.25) is 15.1 Å². The van der Waals surface area contributed by atoms with Gasteiger partial charge in [0, 0.05) is 34.7 Å². The fraction of sp³-hybridized carbons (Fsp3) is 0.417. The first kappa shape index (κ1) is 25.2. The van der Waals surface area contributed by atoms with Gasteiger partial charge < -0.3 is 10.2 Å². The monoisotopic (exact) mass is 512 g/mol. The van der Waals surface area contributed by atoms with Crippen molar-refractivity contribution < 1.29 is 9.59 Å². The summed E-state index contributed by atoms with van der Waals surface area (Å²) in [5.74, 6) is 0.414. The van der Waals surface area contributed by atoms with Crippen molar-refractivity contribution >= 4 is 58.4 Å². The van der Waals surface area contributed by atoms with Gasteiger partial charge in [0.05, 0.1) is 10.0 Å². The molecule has 1 aliphatic rings. The number of carbonyl (C=O) groups excluding carboxylic acids is 2. The first-order chi connectivity index (χ1) is 15.3. The highest BCUT2D eigenvalue weighted by Gasteiger charge is 2.28. The number of hydrogen-bond acceptors (Lipinski definition) is 3. The summed E-state index contributed by atoms with van der Waals surface area (Å²) in [4.78, 5) is 28.8. The summed E-state index contributed by atoms with van der Waals surface area (Å²) >= 11 is 19.7. The van der Waals surface area contributed by atoms with E-state index in [2.05, 4.69) is 5.32 Å². The molecule has 1 fully saturated rings. The van der Waals surface area contributed by atoms with Gasteiger partial charge in [-0.25, -0.2) is 0 Å². The van der Waals surface area contributed by atoms with E-state index in [4.69, 9.17) is 34.8 Å². The molecule has 3 rings (SSSR count). The van der Waals surface area contributed by atoms with Gasteiger partial charge in [0.2, 0.25) is 11.8 Å². The second-order valence-corrected chi connectivity index (χ2v) is 10.4. The Morgan fingerprint density at radius 1 is 1.06 bits per heavy atom. The van der Waals surface area contributed by atoms with E-state index in [1.165, 1.54) is 0 Å². The van der Waals surface area contributed by atoms with Gasteiger partial charge in [0.1, 0.15) is 6.04 Å². The molecule has 0 aliphatic heterocycles. The average molecular weight is 514 g/mol. The summed E-state index contributed by atoms with van der Waals surface area (Å²) in [5, 5.41) is 4.68. The van der Waals surface area contributed by atoms with Gasteiger partial charge in [-0.15, -0.1) is 11.8 Å². The summed E-state index contributed by atoms with van der Waals surface area (Å²) in [6.45, 7) is 2.08. The molecule has 32 heavy (non-hydrogen) atoms. The Morgan fingerprint density at radius 3 is 2.41 bits per heavy atom. The van der Waals surface area contributed by atoms with Crippen LogP contribution in [-0.4, -0.2) is 34.6 Å². The van der Waals surface area contributed by atoms with Gasteiger partial charge in [0.15, 0.2) is 0 Å². The van der Waals surface area contributed by atoms with Crippen LogP contribution in [0.3, 0.4) is 0 Å². The Kier molecular flexibility index (Phi) is 9.60. The molecule has 0 unspecified atom stereocenters. The molecule has 1 aliphatic carbocycles. The minimum Gasteiger partial charge on any atom is -0.352 e. The third kappa shape index (κ3) is 7.31. The van der Waals surface area contributed by atoms with Crippen LogP contribution in [0.15, 0.2) is 47.4 Å². The van der Waals surface area contributed by atoms with Crippen molar-refractivity contribution in [3.05, 3.63) is 63.1 Å². The van der Waals surface area contributed by atoms with Crippen molar-refractivity contribution in [2.75, 3.05) is 5.75 Å². The number of carbonyl (C=O) groups is 2. The molecule has 2 amide bonds. The van der Waals surface area contributed by atoms with Crippen LogP contribution in [0.25, 0.3) is 0 Å². The van der Waals surface area contributed by atoms with E-state index in [1.54, 1.807) is 35.7 Å². The Hall–Kier alpha value is -1.40. The number of hydrogen-bond donors (Lipinski definition) is 1. The zero-order chi connectivity index (χ0) is 23.1. The number of nitrogens with zero attached hydrogens (tertiary/aromatic N) is 1. The molecule has 0 aromatic heterocycles. The fourth-order valence-electron chi connectivity index (χ4n) is 3.74. The smallest absolute Gasteiger partial charge is 0.242 e. The lowest BCUT2D eigenvalue weighted by atomic mass is 10.1. The van der Waals surface area contributed by atoms with Gasteiger partial charge in [-0.1, -0.05) is 53.7 Å². The molecule has 8 heteroatoms. The van der Waals surface area contributed by atoms with Crippen molar-refractivity contribution in [2.45, 2.75) is 62.6 Å². The summed E-state index contributed by atoms with van der Waals surface area (Å²) < 4.78 is 0. The molecule has 4 nitrogen and oxygen atoms in total. The van der Waals surface area contributed by atoms with Crippen LogP contribution >= 0.6 is 46.6 Å². The maximum atomic E-state index is 13.2. The predicted molar refractivity (Wildman–Crippen MR) is 134 cm³/mol. The lowest BCUT2D eigenvalue weighted by Gasteiger charge is -2.30. The van der Waals surface area contributed by atoms with Crippen LogP contribution < -0.4 is 5.32 Å². The molecular formula is C24H27Cl3N2O2S. The molecule has 2 aromatic carbocycles. The van der Waals surface area contributed by atoms with Crippen molar-refractivity contribution in [2.24, 2.45) is 0 Å². The number of amides is 2. The molecule has 172 valence electrons. The second kappa shape index (κ2) is 12.2. The standard InChI is InChI=1S/C24H27Cl3N2O2S/c1-16(24(31)28-19-4-2-3-5-19)29(15-17-6-11-21(26)22(27)14-17)23(30)12-13-32-20-9-7-18(25)8-10-20/h6-11,14,16,19H,2-5,12-13,15H2,1H3,(H,28,31)/t16-/m0/s1. The molecule has 0 bridgehead atoms. The number of thioether (sulfide) groups is 1. The van der Waals surface area contributed by atoms with Crippen molar-refractivity contribution in [3.8, 4) is 0 Å². The van der Waals surface area contributed by atoms with Crippen LogP contribution in [0.4, 0.5) is 0 Å². The summed E-state index contributed by atoms with van der Waals surface area (Å²) in [6, 6.07) is 12.4. The Balaban J connectivity index is 1.67. The minimum atomic E-state index is -0.585. The minimum absolute atomic E-state index is 0.0772. The Labute approximate surface area is 209 Å². The number of nitrogens with one attached hydrogen (secondary N) is 1. The molecule has 0 saturated heterocycles. The van der Waals surface area contributed by atoms with Gasteiger partial charge in [-0.3, -0.25) is 9.59 Å². The Bertz CT molecular complexity index is 933. The normalized spacial score (nSPS) is 14.9. The second-order valence-electron chi connectivity index (χ2n) is 7.99. The molecule has 1 saturated carbocycles. The van der Waals surface area contributed by atoms with E-state index in [9.17, 15) is 9.59 Å². The first-order valence-electron chi connectivity index (χ1n) is 10.8. The molecule has 2 aromatic rings. The lowest BCUT2D eigenvalue weighted by Crippen LogP contribution is -2.49. The SMILES string of the molecule is C[C@@H](C(=O)NC1CCCC1)N(Cc1ccc(Cl)c(Cl)c1)C(=O)CCSc1ccc(Cl)cc1. The highest BCUT2D eigenvalue weighted by atomic mass is 35.5. The molecule has 0 spiro atoms. The summed E-state index contributed by atoms with van der Waals surface area (Å²) in [7, 11) is 0. The topological polar surface area (TPSA) is 49.4 Å². The first-order valence-corrected chi connectivity index (χ1v) is 12.9. The quantitative estimate of drug-likeness (QED) is 0.384. The van der Waals surface area contributed by atoms with Crippen LogP contribution in [0, 0.1) is 0 Å². The fourth-order valence-corrected chi connectivity index (χ4v) is 5.03. The van der Waals surface area contributed by atoms with Crippen molar-refractivity contribution in [3.63, 3.8) is 0 Å².